The molecule has 2 aromatic carbocycles. The quantitative estimate of drug-likeness (QED) is 0.203. The number of anilines is 1. The zero-order chi connectivity index (χ0) is 23.5. The molecule has 0 aliphatic carbocycles. The van der Waals surface area contributed by atoms with Crippen LogP contribution in [0.5, 0.6) is 0 Å². The highest BCUT2D eigenvalue weighted by atomic mass is 32.2. The van der Waals surface area contributed by atoms with E-state index in [2.05, 4.69) is 15.3 Å². The fourth-order valence-corrected chi connectivity index (χ4v) is 5.60. The summed E-state index contributed by atoms with van der Waals surface area (Å²) in [6.45, 7) is 5.38. The van der Waals surface area contributed by atoms with Crippen LogP contribution in [0, 0.1) is 6.92 Å². The van der Waals surface area contributed by atoms with Crippen LogP contribution >= 0.6 is 23.1 Å². The van der Waals surface area contributed by atoms with Gasteiger partial charge in [0.1, 0.15) is 4.83 Å². The van der Waals surface area contributed by atoms with Gasteiger partial charge >= 0.3 is 0 Å². The molecular weight excluding hydrogens is 454 g/mol. The lowest BCUT2D eigenvalue weighted by atomic mass is 10.0. The summed E-state index contributed by atoms with van der Waals surface area (Å²) in [6, 6.07) is 16.6. The summed E-state index contributed by atoms with van der Waals surface area (Å²) in [5.74, 6) is -0.276. The van der Waals surface area contributed by atoms with Gasteiger partial charge in [0, 0.05) is 21.7 Å². The maximum absolute atomic E-state index is 13.0. The maximum atomic E-state index is 13.0. The maximum Gasteiger partial charge on any atom is 0.260 e. The standard InChI is InChI=1S/C25H23N3O3S2/c1-4-19(22(30)26-18-12-8-11-17(13-18)14(2)29)33-25-27-23(31)21-20(15(3)32-24(21)28-25)16-9-6-5-7-10-16/h5-13,19H,4H2,1-3H3,(H,26,30)(H,27,28,31). The number of aromatic amines is 1. The zero-order valence-corrected chi connectivity index (χ0v) is 20.1. The van der Waals surface area contributed by atoms with E-state index in [-0.39, 0.29) is 17.2 Å². The van der Waals surface area contributed by atoms with Gasteiger partial charge in [0.15, 0.2) is 10.9 Å². The largest absolute Gasteiger partial charge is 0.325 e. The Morgan fingerprint density at radius 3 is 2.61 bits per heavy atom. The Hall–Kier alpha value is -3.23. The lowest BCUT2D eigenvalue weighted by Crippen LogP contribution is -2.25. The smallest absolute Gasteiger partial charge is 0.260 e. The average molecular weight is 478 g/mol. The van der Waals surface area contributed by atoms with E-state index >= 15 is 0 Å². The molecule has 0 fully saturated rings. The average Bonchev–Trinajstić information content (AvgIpc) is 3.14. The van der Waals surface area contributed by atoms with Crippen molar-refractivity contribution in [3.8, 4) is 11.1 Å². The Bertz CT molecular complexity index is 1390. The van der Waals surface area contributed by atoms with Gasteiger partial charge in [-0.05, 0) is 38.0 Å². The first kappa shape index (κ1) is 22.9. The number of Topliss-reactive ketones (excluding diaryl/α,β-unsaturated/α-hetero) is 1. The van der Waals surface area contributed by atoms with Crippen LogP contribution < -0.4 is 10.9 Å². The van der Waals surface area contributed by atoms with Crippen molar-refractivity contribution in [2.24, 2.45) is 0 Å². The van der Waals surface area contributed by atoms with E-state index in [1.165, 1.54) is 30.0 Å². The SMILES string of the molecule is CCC(Sc1nc2sc(C)c(-c3ccccc3)c2c(=O)[nH]1)C(=O)Nc1cccc(C(C)=O)c1. The number of ketones is 1. The molecule has 2 N–H and O–H groups in total. The van der Waals surface area contributed by atoms with Gasteiger partial charge in [-0.2, -0.15) is 0 Å². The Balaban J connectivity index is 1.60. The van der Waals surface area contributed by atoms with Crippen LogP contribution in [0.3, 0.4) is 0 Å². The third kappa shape index (κ3) is 4.91. The predicted octanol–water partition coefficient (Wildman–Crippen LogP) is 5.67. The number of thiophene rings is 1. The highest BCUT2D eigenvalue weighted by Crippen LogP contribution is 2.36. The van der Waals surface area contributed by atoms with Gasteiger partial charge < -0.3 is 10.3 Å². The first-order valence-electron chi connectivity index (χ1n) is 10.5. The molecule has 4 rings (SSSR count). The Morgan fingerprint density at radius 2 is 1.91 bits per heavy atom. The first-order chi connectivity index (χ1) is 15.9. The van der Waals surface area contributed by atoms with Crippen LogP contribution in [0.4, 0.5) is 5.69 Å². The number of rotatable bonds is 7. The molecule has 0 bridgehead atoms. The fourth-order valence-electron chi connectivity index (χ4n) is 3.60. The van der Waals surface area contributed by atoms with Crippen molar-refractivity contribution < 1.29 is 9.59 Å². The molecule has 1 unspecified atom stereocenters. The van der Waals surface area contributed by atoms with Gasteiger partial charge in [-0.25, -0.2) is 4.98 Å². The molecule has 33 heavy (non-hydrogen) atoms. The van der Waals surface area contributed by atoms with Crippen LogP contribution in [0.15, 0.2) is 64.5 Å². The number of amides is 1. The zero-order valence-electron chi connectivity index (χ0n) is 18.5. The second-order valence-corrected chi connectivity index (χ2v) is 9.99. The van der Waals surface area contributed by atoms with Crippen molar-refractivity contribution in [2.75, 3.05) is 5.32 Å². The Morgan fingerprint density at radius 1 is 1.15 bits per heavy atom. The molecule has 1 atom stereocenters. The molecule has 4 aromatic rings. The van der Waals surface area contributed by atoms with Gasteiger partial charge in [-0.3, -0.25) is 14.4 Å². The number of nitrogens with zero attached hydrogens (tertiary/aromatic N) is 1. The van der Waals surface area contributed by atoms with Crippen LogP contribution in [-0.2, 0) is 4.79 Å². The number of aryl methyl sites for hydroxylation is 1. The number of carbonyl (C=O) groups is 2. The number of H-pyrrole nitrogens is 1. The monoisotopic (exact) mass is 477 g/mol. The predicted molar refractivity (Wildman–Crippen MR) is 135 cm³/mol. The van der Waals surface area contributed by atoms with E-state index in [0.717, 1.165) is 16.0 Å². The molecule has 0 saturated carbocycles. The lowest BCUT2D eigenvalue weighted by Gasteiger charge is -2.14. The number of nitrogens with one attached hydrogen (secondary N) is 2. The third-order valence-electron chi connectivity index (χ3n) is 5.23. The van der Waals surface area contributed by atoms with Crippen LogP contribution in [-0.4, -0.2) is 26.9 Å². The topological polar surface area (TPSA) is 91.9 Å². The second-order valence-electron chi connectivity index (χ2n) is 7.59. The summed E-state index contributed by atoms with van der Waals surface area (Å²) in [7, 11) is 0. The van der Waals surface area contributed by atoms with Gasteiger partial charge in [-0.15, -0.1) is 11.3 Å². The summed E-state index contributed by atoms with van der Waals surface area (Å²) in [5, 5.41) is 3.39. The van der Waals surface area contributed by atoms with E-state index in [4.69, 9.17) is 0 Å². The van der Waals surface area contributed by atoms with E-state index in [9.17, 15) is 14.4 Å². The van der Waals surface area contributed by atoms with Gasteiger partial charge in [-0.1, -0.05) is 61.2 Å². The minimum Gasteiger partial charge on any atom is -0.325 e. The Kier molecular flexibility index (Phi) is 6.76. The second kappa shape index (κ2) is 9.72. The molecule has 6 nitrogen and oxygen atoms in total. The molecule has 0 saturated heterocycles. The normalized spacial score (nSPS) is 12.0. The number of benzene rings is 2. The molecule has 2 aromatic heterocycles. The Labute approximate surface area is 199 Å². The highest BCUT2D eigenvalue weighted by molar-refractivity contribution is 8.00. The molecule has 0 aliphatic heterocycles. The molecule has 0 spiro atoms. The summed E-state index contributed by atoms with van der Waals surface area (Å²) < 4.78 is 0. The van der Waals surface area contributed by atoms with Crippen molar-refractivity contribution in [1.82, 2.24) is 9.97 Å². The summed E-state index contributed by atoms with van der Waals surface area (Å²) in [6.07, 6.45) is 0.545. The number of hydrogen-bond acceptors (Lipinski definition) is 6. The summed E-state index contributed by atoms with van der Waals surface area (Å²) in [4.78, 5) is 46.7. The summed E-state index contributed by atoms with van der Waals surface area (Å²) in [5.41, 5.74) is 2.76. The van der Waals surface area contributed by atoms with Crippen molar-refractivity contribution in [1.29, 1.82) is 0 Å². The van der Waals surface area contributed by atoms with E-state index < -0.39 is 5.25 Å². The fraction of sp³-hybridized carbons (Fsp3) is 0.200. The van der Waals surface area contributed by atoms with E-state index in [1.54, 1.807) is 24.3 Å². The van der Waals surface area contributed by atoms with Crippen molar-refractivity contribution in [3.63, 3.8) is 0 Å². The van der Waals surface area contributed by atoms with Crippen LogP contribution in [0.25, 0.3) is 21.3 Å². The minimum absolute atomic E-state index is 0.0660. The van der Waals surface area contributed by atoms with E-state index in [1.807, 2.05) is 44.2 Å². The molecule has 8 heteroatoms. The highest BCUT2D eigenvalue weighted by Gasteiger charge is 2.22. The van der Waals surface area contributed by atoms with Crippen molar-refractivity contribution in [2.45, 2.75) is 37.6 Å². The molecule has 0 radical (unpaired) electrons. The van der Waals surface area contributed by atoms with Crippen molar-refractivity contribution in [3.05, 3.63) is 75.4 Å². The minimum atomic E-state index is -0.457. The van der Waals surface area contributed by atoms with Gasteiger partial charge in [0.25, 0.3) is 5.56 Å². The number of carbonyl (C=O) groups excluding carboxylic acids is 2. The third-order valence-corrected chi connectivity index (χ3v) is 7.48. The number of aromatic nitrogens is 2. The molecule has 2 heterocycles. The van der Waals surface area contributed by atoms with Gasteiger partial charge in [0.05, 0.1) is 10.6 Å². The summed E-state index contributed by atoms with van der Waals surface area (Å²) >= 11 is 2.70. The van der Waals surface area contributed by atoms with Crippen molar-refractivity contribution >= 4 is 50.7 Å². The number of hydrogen-bond donors (Lipinski definition) is 2. The first-order valence-corrected chi connectivity index (χ1v) is 12.2. The number of fused-ring (bicyclic) bond motifs is 1. The van der Waals surface area contributed by atoms with Crippen LogP contribution in [0.2, 0.25) is 0 Å². The lowest BCUT2D eigenvalue weighted by molar-refractivity contribution is -0.115. The van der Waals surface area contributed by atoms with Gasteiger partial charge in [0.2, 0.25) is 5.91 Å². The van der Waals surface area contributed by atoms with Crippen LogP contribution in [0.1, 0.15) is 35.5 Å². The molecular formula is C25H23N3O3S2. The van der Waals surface area contributed by atoms with E-state index in [0.29, 0.717) is 33.0 Å². The molecule has 168 valence electrons. The number of thioether (sulfide) groups is 1. The molecule has 1 amide bonds. The molecule has 0 aliphatic rings.